The van der Waals surface area contributed by atoms with Gasteiger partial charge in [-0.05, 0) is 43.3 Å². The maximum absolute atomic E-state index is 5.71. The summed E-state index contributed by atoms with van der Waals surface area (Å²) in [6.45, 7) is 9.91. The molecule has 2 heterocycles. The van der Waals surface area contributed by atoms with Gasteiger partial charge in [0.1, 0.15) is 0 Å². The number of benzene rings is 1. The van der Waals surface area contributed by atoms with Crippen molar-refractivity contribution in [2.45, 2.75) is 20.5 Å². The molecule has 0 bridgehead atoms. The fourth-order valence-corrected chi connectivity index (χ4v) is 3.39. The Balaban J connectivity index is 1.73. The summed E-state index contributed by atoms with van der Waals surface area (Å²) in [5.41, 5.74) is 3.64. The summed E-state index contributed by atoms with van der Waals surface area (Å²) in [6, 6.07) is 6.47. The quantitative estimate of drug-likeness (QED) is 0.629. The third-order valence-corrected chi connectivity index (χ3v) is 5.04. The van der Waals surface area contributed by atoms with Crippen molar-refractivity contribution in [3.8, 4) is 18.0 Å². The first kappa shape index (κ1) is 17.0. The highest BCUT2D eigenvalue weighted by Gasteiger charge is 2.16. The zero-order valence-electron chi connectivity index (χ0n) is 14.4. The summed E-state index contributed by atoms with van der Waals surface area (Å²) >= 11 is 5.71. The minimum absolute atomic E-state index is 0.746. The van der Waals surface area contributed by atoms with Gasteiger partial charge in [0.25, 0.3) is 0 Å². The molecule has 126 valence electrons. The second kappa shape index (κ2) is 7.35. The second-order valence-electron chi connectivity index (χ2n) is 6.45. The van der Waals surface area contributed by atoms with E-state index in [2.05, 4.69) is 69.3 Å². The predicted octanol–water partition coefficient (Wildman–Crippen LogP) is 2.83. The van der Waals surface area contributed by atoms with Crippen LogP contribution in [0.25, 0.3) is 5.69 Å². The highest BCUT2D eigenvalue weighted by Crippen LogP contribution is 2.17. The van der Waals surface area contributed by atoms with Gasteiger partial charge in [0, 0.05) is 38.6 Å². The number of piperazine rings is 1. The number of aryl methyl sites for hydroxylation is 2. The first-order chi connectivity index (χ1) is 11.6. The molecule has 4 nitrogen and oxygen atoms in total. The van der Waals surface area contributed by atoms with E-state index in [9.17, 15) is 0 Å². The molecule has 0 aliphatic carbocycles. The molecule has 0 amide bonds. The van der Waals surface area contributed by atoms with Gasteiger partial charge in [-0.1, -0.05) is 18.1 Å². The summed E-state index contributed by atoms with van der Waals surface area (Å²) in [7, 11) is 0. The molecule has 24 heavy (non-hydrogen) atoms. The van der Waals surface area contributed by atoms with Crippen molar-refractivity contribution in [2.24, 2.45) is 0 Å². The number of hydrogen-bond donors (Lipinski definition) is 0. The lowest BCUT2D eigenvalue weighted by Crippen LogP contribution is -2.46. The monoisotopic (exact) mass is 340 g/mol. The van der Waals surface area contributed by atoms with Crippen LogP contribution in [0, 0.1) is 31.0 Å². The van der Waals surface area contributed by atoms with Crippen LogP contribution in [0.3, 0.4) is 0 Å². The third kappa shape index (κ3) is 3.62. The SMILES string of the molecule is C#CCN1CCN(Cn2ccn(-c3cc(C)ccc3C)c2=S)CC1. The molecule has 1 aromatic carbocycles. The number of hydrogen-bond acceptors (Lipinski definition) is 3. The lowest BCUT2D eigenvalue weighted by Gasteiger charge is -2.33. The van der Waals surface area contributed by atoms with E-state index >= 15 is 0 Å². The van der Waals surface area contributed by atoms with Crippen LogP contribution in [0.5, 0.6) is 0 Å². The van der Waals surface area contributed by atoms with E-state index in [0.717, 1.165) is 49.9 Å². The first-order valence-electron chi connectivity index (χ1n) is 8.32. The Hall–Kier alpha value is -1.87. The molecule has 0 unspecified atom stereocenters. The fourth-order valence-electron chi connectivity index (χ4n) is 3.12. The Kier molecular flexibility index (Phi) is 5.20. The predicted molar refractivity (Wildman–Crippen MR) is 101 cm³/mol. The Labute approximate surface area is 149 Å². The van der Waals surface area contributed by atoms with Gasteiger partial charge in [0.2, 0.25) is 0 Å². The Bertz CT molecular complexity index is 804. The van der Waals surface area contributed by atoms with Crippen LogP contribution in [0.15, 0.2) is 30.6 Å². The van der Waals surface area contributed by atoms with Crippen LogP contribution < -0.4 is 0 Å². The van der Waals surface area contributed by atoms with Gasteiger partial charge in [0.15, 0.2) is 4.77 Å². The Morgan fingerprint density at radius 2 is 1.79 bits per heavy atom. The molecule has 0 saturated carbocycles. The highest BCUT2D eigenvalue weighted by molar-refractivity contribution is 7.71. The van der Waals surface area contributed by atoms with Gasteiger partial charge in [-0.15, -0.1) is 6.42 Å². The van der Waals surface area contributed by atoms with Crippen LogP contribution >= 0.6 is 12.2 Å². The molecule has 3 rings (SSSR count). The van der Waals surface area contributed by atoms with E-state index in [1.807, 2.05) is 0 Å². The van der Waals surface area contributed by atoms with E-state index in [4.69, 9.17) is 18.6 Å². The lowest BCUT2D eigenvalue weighted by atomic mass is 10.1. The molecule has 0 N–H and O–H groups in total. The lowest BCUT2D eigenvalue weighted by molar-refractivity contribution is 0.116. The standard InChI is InChI=1S/C19H24N4S/c1-4-7-20-8-10-21(11-9-20)15-22-12-13-23(19(22)24)18-14-16(2)5-6-17(18)3/h1,5-6,12-14H,7-11,15H2,2-3H3. The van der Waals surface area contributed by atoms with Gasteiger partial charge in [-0.25, -0.2) is 0 Å². The van der Waals surface area contributed by atoms with Crippen molar-refractivity contribution >= 4 is 12.2 Å². The molecule has 1 aliphatic heterocycles. The number of terminal acetylenes is 1. The molecule has 2 aromatic rings. The summed E-state index contributed by atoms with van der Waals surface area (Å²) in [6.07, 6.45) is 9.54. The van der Waals surface area contributed by atoms with Crippen molar-refractivity contribution in [1.29, 1.82) is 0 Å². The number of rotatable bonds is 4. The van der Waals surface area contributed by atoms with Crippen molar-refractivity contribution in [2.75, 3.05) is 32.7 Å². The zero-order chi connectivity index (χ0) is 17.1. The minimum atomic E-state index is 0.746. The number of imidazole rings is 1. The average Bonchev–Trinajstić information content (AvgIpc) is 2.93. The van der Waals surface area contributed by atoms with Crippen LogP contribution in [-0.4, -0.2) is 51.7 Å². The molecule has 0 spiro atoms. The van der Waals surface area contributed by atoms with Crippen LogP contribution in [0.4, 0.5) is 0 Å². The molecule has 1 aliphatic rings. The van der Waals surface area contributed by atoms with E-state index in [1.165, 1.54) is 11.1 Å². The van der Waals surface area contributed by atoms with Crippen LogP contribution in [0.2, 0.25) is 0 Å². The Morgan fingerprint density at radius 3 is 2.50 bits per heavy atom. The van der Waals surface area contributed by atoms with E-state index in [-0.39, 0.29) is 0 Å². The van der Waals surface area contributed by atoms with Gasteiger partial charge < -0.3 is 4.57 Å². The fraction of sp³-hybridized carbons (Fsp3) is 0.421. The summed E-state index contributed by atoms with van der Waals surface area (Å²) in [5, 5.41) is 0. The minimum Gasteiger partial charge on any atom is -0.310 e. The normalized spacial score (nSPS) is 16.2. The zero-order valence-corrected chi connectivity index (χ0v) is 15.2. The molecule has 1 saturated heterocycles. The number of nitrogens with zero attached hydrogens (tertiary/aromatic N) is 4. The van der Waals surface area contributed by atoms with Crippen LogP contribution in [-0.2, 0) is 6.67 Å². The van der Waals surface area contributed by atoms with Crippen molar-refractivity contribution in [3.63, 3.8) is 0 Å². The van der Waals surface area contributed by atoms with Crippen molar-refractivity contribution in [3.05, 3.63) is 46.5 Å². The smallest absolute Gasteiger partial charge is 0.185 e. The van der Waals surface area contributed by atoms with Crippen LogP contribution in [0.1, 0.15) is 11.1 Å². The molecule has 0 radical (unpaired) electrons. The average molecular weight is 340 g/mol. The molecular weight excluding hydrogens is 316 g/mol. The molecular formula is C19H24N4S. The largest absolute Gasteiger partial charge is 0.310 e. The maximum Gasteiger partial charge on any atom is 0.185 e. The molecule has 1 aromatic heterocycles. The van der Waals surface area contributed by atoms with Gasteiger partial charge in [-0.3, -0.25) is 14.4 Å². The maximum atomic E-state index is 5.71. The topological polar surface area (TPSA) is 16.3 Å². The van der Waals surface area contributed by atoms with E-state index in [1.54, 1.807) is 0 Å². The third-order valence-electron chi connectivity index (χ3n) is 4.60. The first-order valence-corrected chi connectivity index (χ1v) is 8.73. The number of aromatic nitrogens is 2. The summed E-state index contributed by atoms with van der Waals surface area (Å²) < 4.78 is 5.09. The molecule has 5 heteroatoms. The van der Waals surface area contributed by atoms with E-state index in [0.29, 0.717) is 0 Å². The van der Waals surface area contributed by atoms with Crippen molar-refractivity contribution < 1.29 is 0 Å². The second-order valence-corrected chi connectivity index (χ2v) is 6.82. The molecule has 1 fully saturated rings. The van der Waals surface area contributed by atoms with Gasteiger partial charge in [-0.2, -0.15) is 0 Å². The molecule has 0 atom stereocenters. The van der Waals surface area contributed by atoms with Gasteiger partial charge in [0.05, 0.1) is 18.9 Å². The summed E-state index contributed by atoms with van der Waals surface area (Å²) in [5.74, 6) is 2.72. The van der Waals surface area contributed by atoms with Crippen molar-refractivity contribution in [1.82, 2.24) is 18.9 Å². The summed E-state index contributed by atoms with van der Waals surface area (Å²) in [4.78, 5) is 4.74. The van der Waals surface area contributed by atoms with Gasteiger partial charge >= 0.3 is 0 Å². The van der Waals surface area contributed by atoms with E-state index < -0.39 is 0 Å². The Morgan fingerprint density at radius 1 is 1.08 bits per heavy atom. The highest BCUT2D eigenvalue weighted by atomic mass is 32.1.